The van der Waals surface area contributed by atoms with Crippen molar-refractivity contribution < 1.29 is 18.7 Å². The zero-order valence-corrected chi connectivity index (χ0v) is 18.1. The number of thiophene rings is 1. The predicted molar refractivity (Wildman–Crippen MR) is 114 cm³/mol. The summed E-state index contributed by atoms with van der Waals surface area (Å²) in [5, 5.41) is 13.6. The van der Waals surface area contributed by atoms with Gasteiger partial charge in [0, 0.05) is 13.1 Å². The minimum absolute atomic E-state index is 0.0121. The van der Waals surface area contributed by atoms with Gasteiger partial charge in [0.25, 0.3) is 5.91 Å². The molecule has 10 heteroatoms. The van der Waals surface area contributed by atoms with Gasteiger partial charge in [-0.2, -0.15) is 0 Å². The molecule has 0 saturated heterocycles. The van der Waals surface area contributed by atoms with Crippen LogP contribution in [0.2, 0.25) is 0 Å². The van der Waals surface area contributed by atoms with E-state index < -0.39 is 18.0 Å². The Balaban J connectivity index is 1.48. The minimum Gasteiger partial charge on any atom is -0.452 e. The summed E-state index contributed by atoms with van der Waals surface area (Å²) in [6.07, 6.45) is -0.940. The van der Waals surface area contributed by atoms with Gasteiger partial charge in [0.1, 0.15) is 5.82 Å². The molecule has 0 saturated carbocycles. The molecule has 0 radical (unpaired) electrons. The molecule has 158 valence electrons. The first-order valence-electron chi connectivity index (χ1n) is 9.29. The number of ether oxygens (including phenoxy) is 1. The molecule has 2 heterocycles. The Bertz CT molecular complexity index is 990. The van der Waals surface area contributed by atoms with E-state index in [0.717, 1.165) is 16.3 Å². The van der Waals surface area contributed by atoms with Crippen molar-refractivity contribution in [1.82, 2.24) is 20.1 Å². The molecule has 0 spiro atoms. The number of carbonyl (C=O) groups excluding carboxylic acids is 2. The van der Waals surface area contributed by atoms with Gasteiger partial charge in [0.2, 0.25) is 0 Å². The van der Waals surface area contributed by atoms with Gasteiger partial charge in [-0.15, -0.1) is 21.5 Å². The number of hydrogen-bond donors (Lipinski definition) is 1. The Labute approximate surface area is 181 Å². The van der Waals surface area contributed by atoms with Crippen LogP contribution in [0.4, 0.5) is 4.39 Å². The van der Waals surface area contributed by atoms with E-state index in [0.29, 0.717) is 11.7 Å². The smallest absolute Gasteiger partial charge is 0.317 e. The van der Waals surface area contributed by atoms with Gasteiger partial charge in [0.05, 0.1) is 10.6 Å². The molecule has 1 N–H and O–H groups in total. The van der Waals surface area contributed by atoms with Crippen LogP contribution >= 0.6 is 23.1 Å². The highest BCUT2D eigenvalue weighted by molar-refractivity contribution is 7.99. The van der Waals surface area contributed by atoms with Gasteiger partial charge in [-0.05, 0) is 43.0 Å². The van der Waals surface area contributed by atoms with Crippen LogP contribution in [0.15, 0.2) is 46.9 Å². The molecular weight excluding hydrogens is 427 g/mol. The molecule has 1 aromatic carbocycles. The molecule has 0 fully saturated rings. The first kappa shape index (κ1) is 22.0. The highest BCUT2D eigenvalue weighted by atomic mass is 32.2. The highest BCUT2D eigenvalue weighted by Crippen LogP contribution is 2.27. The summed E-state index contributed by atoms with van der Waals surface area (Å²) in [6.45, 7) is 4.38. The predicted octanol–water partition coefficient (Wildman–Crippen LogP) is 3.51. The van der Waals surface area contributed by atoms with Crippen molar-refractivity contribution >= 4 is 35.0 Å². The van der Waals surface area contributed by atoms with Crippen molar-refractivity contribution in [1.29, 1.82) is 0 Å². The van der Waals surface area contributed by atoms with E-state index >= 15 is 0 Å². The van der Waals surface area contributed by atoms with Crippen LogP contribution in [0.1, 0.15) is 19.4 Å². The normalized spacial score (nSPS) is 11.8. The first-order chi connectivity index (χ1) is 14.5. The molecule has 0 aliphatic carbocycles. The second-order valence-corrected chi connectivity index (χ2v) is 8.18. The Morgan fingerprint density at radius 2 is 2.03 bits per heavy atom. The Morgan fingerprint density at radius 3 is 2.70 bits per heavy atom. The van der Waals surface area contributed by atoms with Gasteiger partial charge >= 0.3 is 5.97 Å². The molecule has 1 unspecified atom stereocenters. The Kier molecular flexibility index (Phi) is 7.58. The number of halogens is 1. The molecule has 30 heavy (non-hydrogen) atoms. The van der Waals surface area contributed by atoms with Gasteiger partial charge < -0.3 is 14.6 Å². The van der Waals surface area contributed by atoms with E-state index in [1.807, 2.05) is 29.0 Å². The maximum atomic E-state index is 12.9. The van der Waals surface area contributed by atoms with Crippen LogP contribution in [0, 0.1) is 5.82 Å². The average molecular weight is 449 g/mol. The maximum absolute atomic E-state index is 12.9. The van der Waals surface area contributed by atoms with E-state index in [2.05, 4.69) is 15.5 Å². The molecule has 1 atom stereocenters. The number of hydrogen-bond acceptors (Lipinski definition) is 7. The molecular formula is C20H21FN4O3S2. The molecule has 1 amide bonds. The van der Waals surface area contributed by atoms with Crippen LogP contribution in [-0.2, 0) is 27.4 Å². The van der Waals surface area contributed by atoms with Crippen molar-refractivity contribution in [3.05, 3.63) is 53.2 Å². The van der Waals surface area contributed by atoms with Gasteiger partial charge in [-0.3, -0.25) is 9.59 Å². The van der Waals surface area contributed by atoms with E-state index in [1.54, 1.807) is 23.5 Å². The lowest BCUT2D eigenvalue weighted by molar-refractivity contribution is -0.152. The summed E-state index contributed by atoms with van der Waals surface area (Å²) in [6, 6.07) is 9.72. The Morgan fingerprint density at radius 1 is 1.27 bits per heavy atom. The summed E-state index contributed by atoms with van der Waals surface area (Å²) >= 11 is 2.79. The molecule has 0 aliphatic heterocycles. The maximum Gasteiger partial charge on any atom is 0.317 e. The third kappa shape index (κ3) is 5.67. The van der Waals surface area contributed by atoms with Crippen LogP contribution in [0.3, 0.4) is 0 Å². The summed E-state index contributed by atoms with van der Waals surface area (Å²) in [7, 11) is 0. The third-order valence-electron chi connectivity index (χ3n) is 4.15. The van der Waals surface area contributed by atoms with E-state index in [-0.39, 0.29) is 18.1 Å². The fourth-order valence-corrected chi connectivity index (χ4v) is 4.11. The fourth-order valence-electron chi connectivity index (χ4n) is 2.61. The van der Waals surface area contributed by atoms with Crippen LogP contribution in [0.25, 0.3) is 10.7 Å². The number of amides is 1. The quantitative estimate of drug-likeness (QED) is 0.398. The van der Waals surface area contributed by atoms with E-state index in [4.69, 9.17) is 4.74 Å². The lowest BCUT2D eigenvalue weighted by atomic mass is 10.2. The summed E-state index contributed by atoms with van der Waals surface area (Å²) in [4.78, 5) is 25.3. The first-order valence-corrected chi connectivity index (χ1v) is 11.2. The van der Waals surface area contributed by atoms with Crippen molar-refractivity contribution in [2.24, 2.45) is 0 Å². The third-order valence-corrected chi connectivity index (χ3v) is 5.96. The highest BCUT2D eigenvalue weighted by Gasteiger charge is 2.20. The number of esters is 1. The summed E-state index contributed by atoms with van der Waals surface area (Å²) < 4.78 is 20.1. The van der Waals surface area contributed by atoms with E-state index in [9.17, 15) is 14.0 Å². The largest absolute Gasteiger partial charge is 0.452 e. The second kappa shape index (κ2) is 10.4. The van der Waals surface area contributed by atoms with Gasteiger partial charge in [-0.1, -0.05) is 30.0 Å². The molecule has 2 aromatic heterocycles. The lowest BCUT2D eigenvalue weighted by Crippen LogP contribution is -2.35. The number of aromatic nitrogens is 3. The summed E-state index contributed by atoms with van der Waals surface area (Å²) in [5.74, 6) is -0.511. The van der Waals surface area contributed by atoms with Crippen molar-refractivity contribution in [3.63, 3.8) is 0 Å². The number of nitrogens with zero attached hydrogens (tertiary/aromatic N) is 3. The lowest BCUT2D eigenvalue weighted by Gasteiger charge is -2.13. The molecule has 0 bridgehead atoms. The number of thioether (sulfide) groups is 1. The zero-order chi connectivity index (χ0) is 21.5. The number of rotatable bonds is 9. The Hall–Kier alpha value is -2.72. The zero-order valence-electron chi connectivity index (χ0n) is 16.5. The molecule has 3 rings (SSSR count). The fraction of sp³-hybridized carbons (Fsp3) is 0.300. The average Bonchev–Trinajstić information content (AvgIpc) is 3.40. The standard InChI is InChI=1S/C20H21FN4O3S2/c1-3-25-18(16-5-4-10-29-16)23-24-20(25)30-12-17(26)28-13(2)19(27)22-11-14-6-8-15(21)9-7-14/h4-10,13H,3,11-12H2,1-2H3,(H,22,27). The van der Waals surface area contributed by atoms with Crippen molar-refractivity contribution in [3.8, 4) is 10.7 Å². The number of benzene rings is 1. The summed E-state index contributed by atoms with van der Waals surface area (Å²) in [5.41, 5.74) is 0.749. The number of nitrogens with one attached hydrogen (secondary N) is 1. The topological polar surface area (TPSA) is 86.1 Å². The van der Waals surface area contributed by atoms with Crippen LogP contribution in [0.5, 0.6) is 0 Å². The van der Waals surface area contributed by atoms with Crippen LogP contribution in [-0.4, -0.2) is 38.5 Å². The van der Waals surface area contributed by atoms with E-state index in [1.165, 1.54) is 30.8 Å². The van der Waals surface area contributed by atoms with Crippen molar-refractivity contribution in [2.45, 2.75) is 38.2 Å². The minimum atomic E-state index is -0.940. The second-order valence-electron chi connectivity index (χ2n) is 6.29. The van der Waals surface area contributed by atoms with Crippen molar-refractivity contribution in [2.75, 3.05) is 5.75 Å². The monoisotopic (exact) mass is 448 g/mol. The molecule has 3 aromatic rings. The molecule has 7 nitrogen and oxygen atoms in total. The molecule has 0 aliphatic rings. The van der Waals surface area contributed by atoms with Gasteiger partial charge in [-0.25, -0.2) is 4.39 Å². The SMILES string of the molecule is CCn1c(SCC(=O)OC(C)C(=O)NCc2ccc(F)cc2)nnc1-c1cccs1. The van der Waals surface area contributed by atoms with Crippen LogP contribution < -0.4 is 5.32 Å². The number of carbonyl (C=O) groups is 2. The van der Waals surface area contributed by atoms with Gasteiger partial charge in [0.15, 0.2) is 17.1 Å².